The van der Waals surface area contributed by atoms with Gasteiger partial charge in [0.2, 0.25) is 0 Å². The molecule has 1 heterocycles. The molecule has 1 saturated heterocycles. The van der Waals surface area contributed by atoms with Crippen molar-refractivity contribution in [2.45, 2.75) is 71.5 Å². The smallest absolute Gasteiger partial charge is 0.312 e. The molecule has 2 aliphatic rings. The first-order chi connectivity index (χ1) is 11.0. The summed E-state index contributed by atoms with van der Waals surface area (Å²) in [4.78, 5) is 11.9. The highest BCUT2D eigenvalue weighted by atomic mass is 16.6. The van der Waals surface area contributed by atoms with Crippen LogP contribution in [-0.2, 0) is 14.3 Å². The summed E-state index contributed by atoms with van der Waals surface area (Å²) in [5.41, 5.74) is 3.89. The standard InChI is InChI=1S/C20H30O3/c1-14-6-5-7-18-19(23-18)13-10-15(2)9-12-17(11-8-14)16(3)20(21)22-4/h6,9,12,16,18-19H,5,7-8,10-11,13H2,1-4H3/b14-6-,15-9+,17-12+/t16?,18-,19-/m1/s1. The van der Waals surface area contributed by atoms with Crippen molar-refractivity contribution in [3.05, 3.63) is 34.9 Å². The lowest BCUT2D eigenvalue weighted by molar-refractivity contribution is -0.143. The van der Waals surface area contributed by atoms with Gasteiger partial charge in [-0.1, -0.05) is 34.9 Å². The lowest BCUT2D eigenvalue weighted by atomic mass is 9.93. The van der Waals surface area contributed by atoms with Crippen LogP contribution in [0.2, 0.25) is 0 Å². The van der Waals surface area contributed by atoms with Gasteiger partial charge >= 0.3 is 5.97 Å². The number of epoxide rings is 1. The summed E-state index contributed by atoms with van der Waals surface area (Å²) in [6.07, 6.45) is 13.8. The minimum atomic E-state index is -0.180. The number of carbonyl (C=O) groups is 1. The first kappa shape index (κ1) is 18.0. The lowest BCUT2D eigenvalue weighted by Crippen LogP contribution is -2.15. The second-order valence-corrected chi connectivity index (χ2v) is 6.88. The summed E-state index contributed by atoms with van der Waals surface area (Å²) < 4.78 is 10.7. The predicted molar refractivity (Wildman–Crippen MR) is 93.1 cm³/mol. The van der Waals surface area contributed by atoms with E-state index in [1.807, 2.05) is 6.92 Å². The van der Waals surface area contributed by atoms with Crippen LogP contribution >= 0.6 is 0 Å². The molecule has 0 saturated carbocycles. The van der Waals surface area contributed by atoms with Gasteiger partial charge < -0.3 is 9.47 Å². The molecule has 0 aromatic rings. The molecule has 0 bridgehead atoms. The van der Waals surface area contributed by atoms with Gasteiger partial charge in [-0.3, -0.25) is 4.79 Å². The van der Waals surface area contributed by atoms with Crippen molar-refractivity contribution in [1.82, 2.24) is 0 Å². The average Bonchev–Trinajstić information content (AvgIpc) is 3.29. The van der Waals surface area contributed by atoms with Gasteiger partial charge in [0, 0.05) is 0 Å². The predicted octanol–water partition coefficient (Wildman–Crippen LogP) is 4.74. The Hall–Kier alpha value is -1.35. The number of rotatable bonds is 2. The Labute approximate surface area is 140 Å². The van der Waals surface area contributed by atoms with E-state index in [2.05, 4.69) is 32.1 Å². The fourth-order valence-corrected chi connectivity index (χ4v) is 3.10. The van der Waals surface area contributed by atoms with Gasteiger partial charge in [-0.2, -0.15) is 0 Å². The second-order valence-electron chi connectivity index (χ2n) is 6.88. The van der Waals surface area contributed by atoms with Crippen LogP contribution in [0, 0.1) is 5.92 Å². The summed E-state index contributed by atoms with van der Waals surface area (Å²) in [5, 5.41) is 0. The van der Waals surface area contributed by atoms with Crippen LogP contribution in [0.25, 0.3) is 0 Å². The monoisotopic (exact) mass is 318 g/mol. The highest BCUT2D eigenvalue weighted by Gasteiger charge is 2.36. The highest BCUT2D eigenvalue weighted by molar-refractivity contribution is 5.75. The SMILES string of the molecule is COC(=O)C(C)/C1=C/C=C(\C)CC[C@H]2O[C@@H]2CC/C=C(/C)CC1. The molecule has 23 heavy (non-hydrogen) atoms. The van der Waals surface area contributed by atoms with Gasteiger partial charge in [0.15, 0.2) is 0 Å². The van der Waals surface area contributed by atoms with Gasteiger partial charge in [-0.05, 0) is 59.3 Å². The normalized spacial score (nSPS) is 34.3. The van der Waals surface area contributed by atoms with Crippen molar-refractivity contribution in [3.63, 3.8) is 0 Å². The summed E-state index contributed by atoms with van der Waals surface area (Å²) >= 11 is 0. The zero-order chi connectivity index (χ0) is 16.8. The second kappa shape index (κ2) is 8.49. The zero-order valence-electron chi connectivity index (χ0n) is 14.9. The van der Waals surface area contributed by atoms with Crippen LogP contribution in [0.3, 0.4) is 0 Å². The first-order valence-corrected chi connectivity index (χ1v) is 8.76. The van der Waals surface area contributed by atoms with Crippen LogP contribution in [0.15, 0.2) is 34.9 Å². The average molecular weight is 318 g/mol. The van der Waals surface area contributed by atoms with E-state index in [1.165, 1.54) is 18.3 Å². The van der Waals surface area contributed by atoms with Crippen molar-refractivity contribution >= 4 is 5.97 Å². The lowest BCUT2D eigenvalue weighted by Gasteiger charge is -2.14. The van der Waals surface area contributed by atoms with E-state index < -0.39 is 0 Å². The van der Waals surface area contributed by atoms with Gasteiger partial charge in [0.05, 0.1) is 25.2 Å². The molecule has 0 aromatic heterocycles. The molecular weight excluding hydrogens is 288 g/mol. The van der Waals surface area contributed by atoms with Gasteiger partial charge in [0.25, 0.3) is 0 Å². The number of fused-ring (bicyclic) bond motifs is 1. The van der Waals surface area contributed by atoms with E-state index in [9.17, 15) is 4.79 Å². The van der Waals surface area contributed by atoms with Gasteiger partial charge in [-0.25, -0.2) is 0 Å². The van der Waals surface area contributed by atoms with E-state index in [0.29, 0.717) is 12.2 Å². The van der Waals surface area contributed by atoms with Crippen LogP contribution in [-0.4, -0.2) is 25.3 Å². The summed E-state index contributed by atoms with van der Waals surface area (Å²) in [5.74, 6) is -0.333. The summed E-state index contributed by atoms with van der Waals surface area (Å²) in [7, 11) is 1.46. The maximum absolute atomic E-state index is 11.9. The Bertz CT molecular complexity index is 513. The number of methoxy groups -OCH3 is 1. The quantitative estimate of drug-likeness (QED) is 0.419. The molecule has 0 aromatic carbocycles. The van der Waals surface area contributed by atoms with E-state index in [-0.39, 0.29) is 11.9 Å². The minimum Gasteiger partial charge on any atom is -0.469 e. The Balaban J connectivity index is 2.13. The fraction of sp³-hybridized carbons (Fsp3) is 0.650. The van der Waals surface area contributed by atoms with Crippen molar-refractivity contribution in [3.8, 4) is 0 Å². The van der Waals surface area contributed by atoms with Crippen LogP contribution in [0.1, 0.15) is 59.3 Å². The molecule has 3 nitrogen and oxygen atoms in total. The Morgan fingerprint density at radius 2 is 1.87 bits per heavy atom. The molecule has 0 N–H and O–H groups in total. The Kier molecular flexibility index (Phi) is 6.64. The molecule has 1 aliphatic heterocycles. The van der Waals surface area contributed by atoms with E-state index in [0.717, 1.165) is 44.1 Å². The van der Waals surface area contributed by atoms with Crippen molar-refractivity contribution in [2.24, 2.45) is 5.92 Å². The molecule has 3 atom stereocenters. The Morgan fingerprint density at radius 1 is 1.13 bits per heavy atom. The van der Waals surface area contributed by atoms with E-state index in [4.69, 9.17) is 9.47 Å². The molecule has 1 fully saturated rings. The number of hydrogen-bond acceptors (Lipinski definition) is 3. The molecule has 0 radical (unpaired) electrons. The summed E-state index contributed by atoms with van der Waals surface area (Å²) in [6, 6.07) is 0. The number of esters is 1. The van der Waals surface area contributed by atoms with Gasteiger partial charge in [0.1, 0.15) is 0 Å². The number of allylic oxidation sites excluding steroid dienone is 5. The molecule has 2 rings (SSSR count). The molecule has 3 heteroatoms. The van der Waals surface area contributed by atoms with Crippen molar-refractivity contribution < 1.29 is 14.3 Å². The third kappa shape index (κ3) is 5.65. The number of ether oxygens (including phenoxy) is 2. The Morgan fingerprint density at radius 3 is 2.61 bits per heavy atom. The third-order valence-corrected chi connectivity index (χ3v) is 4.96. The zero-order valence-corrected chi connectivity index (χ0v) is 14.9. The first-order valence-electron chi connectivity index (χ1n) is 8.76. The van der Waals surface area contributed by atoms with E-state index in [1.54, 1.807) is 0 Å². The fourth-order valence-electron chi connectivity index (χ4n) is 3.10. The number of hydrogen-bond donors (Lipinski definition) is 0. The largest absolute Gasteiger partial charge is 0.469 e. The molecule has 0 amide bonds. The molecule has 1 unspecified atom stereocenters. The van der Waals surface area contributed by atoms with E-state index >= 15 is 0 Å². The van der Waals surface area contributed by atoms with Crippen LogP contribution in [0.4, 0.5) is 0 Å². The number of carbonyl (C=O) groups excluding carboxylic acids is 1. The highest BCUT2D eigenvalue weighted by Crippen LogP contribution is 2.32. The molecule has 128 valence electrons. The molecular formula is C20H30O3. The molecule has 0 spiro atoms. The maximum atomic E-state index is 11.9. The van der Waals surface area contributed by atoms with Crippen molar-refractivity contribution in [2.75, 3.05) is 7.11 Å². The van der Waals surface area contributed by atoms with Crippen LogP contribution < -0.4 is 0 Å². The third-order valence-electron chi connectivity index (χ3n) is 4.96. The maximum Gasteiger partial charge on any atom is 0.312 e. The summed E-state index contributed by atoms with van der Waals surface area (Å²) in [6.45, 7) is 6.27. The van der Waals surface area contributed by atoms with Crippen LogP contribution in [0.5, 0.6) is 0 Å². The topological polar surface area (TPSA) is 38.8 Å². The minimum absolute atomic E-state index is 0.153. The van der Waals surface area contributed by atoms with Crippen molar-refractivity contribution in [1.29, 1.82) is 0 Å². The molecule has 1 aliphatic carbocycles. The van der Waals surface area contributed by atoms with Gasteiger partial charge in [-0.15, -0.1) is 0 Å².